The Morgan fingerprint density at radius 3 is 2.43 bits per heavy atom. The van der Waals surface area contributed by atoms with Crippen LogP contribution in [0, 0.1) is 6.92 Å². The Bertz CT molecular complexity index is 793. The number of rotatable bonds is 6. The number of aryl methyl sites for hydroxylation is 1. The van der Waals surface area contributed by atoms with Crippen molar-refractivity contribution in [3.8, 4) is 0 Å². The summed E-state index contributed by atoms with van der Waals surface area (Å²) in [4.78, 5) is 4.42. The summed E-state index contributed by atoms with van der Waals surface area (Å²) >= 11 is 0. The third kappa shape index (κ3) is 5.19. The number of nitrogens with zero attached hydrogens (tertiary/aromatic N) is 1. The lowest BCUT2D eigenvalue weighted by Gasteiger charge is -2.08. The minimum Gasteiger partial charge on any atom is -0.388 e. The van der Waals surface area contributed by atoms with Crippen molar-refractivity contribution < 1.29 is 8.42 Å². The van der Waals surface area contributed by atoms with Gasteiger partial charge in [-0.2, -0.15) is 0 Å². The average molecular weight is 331 g/mol. The number of benzene rings is 2. The zero-order chi connectivity index (χ0) is 16.9. The molecule has 0 aliphatic rings. The number of sulfonamides is 1. The number of nitrogens with two attached hydrogens (primary N) is 1. The van der Waals surface area contributed by atoms with Gasteiger partial charge in [-0.05, 0) is 37.1 Å². The van der Waals surface area contributed by atoms with E-state index >= 15 is 0 Å². The van der Waals surface area contributed by atoms with Crippen molar-refractivity contribution in [3.05, 3.63) is 65.2 Å². The smallest absolute Gasteiger partial charge is 0.240 e. The van der Waals surface area contributed by atoms with E-state index < -0.39 is 10.0 Å². The largest absolute Gasteiger partial charge is 0.388 e. The molecule has 0 spiro atoms. The Labute approximate surface area is 137 Å². The highest BCUT2D eigenvalue weighted by Crippen LogP contribution is 2.12. The summed E-state index contributed by atoms with van der Waals surface area (Å²) in [5, 5.41) is 0. The predicted molar refractivity (Wildman–Crippen MR) is 92.6 cm³/mol. The SMILES string of the molecule is CC(N)=NCc1cccc(CNS(=O)(=O)c2ccc(C)cc2)c1. The van der Waals surface area contributed by atoms with Crippen LogP contribution in [0.1, 0.15) is 23.6 Å². The van der Waals surface area contributed by atoms with Crippen LogP contribution in [0.15, 0.2) is 58.4 Å². The van der Waals surface area contributed by atoms with Crippen LogP contribution in [0.4, 0.5) is 0 Å². The van der Waals surface area contributed by atoms with E-state index in [1.54, 1.807) is 31.2 Å². The number of nitrogens with one attached hydrogen (secondary N) is 1. The minimum absolute atomic E-state index is 0.232. The van der Waals surface area contributed by atoms with Crippen LogP contribution in [-0.4, -0.2) is 14.3 Å². The molecule has 2 aromatic rings. The highest BCUT2D eigenvalue weighted by atomic mass is 32.2. The summed E-state index contributed by atoms with van der Waals surface area (Å²) in [5.41, 5.74) is 8.41. The summed E-state index contributed by atoms with van der Waals surface area (Å²) in [6.45, 7) is 4.37. The van der Waals surface area contributed by atoms with Gasteiger partial charge in [-0.3, -0.25) is 4.99 Å². The Morgan fingerprint density at radius 2 is 1.78 bits per heavy atom. The zero-order valence-electron chi connectivity index (χ0n) is 13.3. The van der Waals surface area contributed by atoms with Crippen molar-refractivity contribution in [1.82, 2.24) is 4.72 Å². The van der Waals surface area contributed by atoms with E-state index in [0.717, 1.165) is 16.7 Å². The first-order valence-electron chi connectivity index (χ1n) is 7.27. The van der Waals surface area contributed by atoms with E-state index in [2.05, 4.69) is 9.71 Å². The standard InChI is InChI=1S/C17H21N3O2S/c1-13-6-8-17(9-7-13)23(21,22)20-12-16-5-3-4-15(10-16)11-19-14(2)18/h3-10,20H,11-12H2,1-2H3,(H2,18,19). The van der Waals surface area contributed by atoms with Crippen LogP contribution in [0.25, 0.3) is 0 Å². The molecule has 0 saturated carbocycles. The summed E-state index contributed by atoms with van der Waals surface area (Å²) in [5.74, 6) is 0.524. The fourth-order valence-corrected chi connectivity index (χ4v) is 3.05. The molecule has 6 heteroatoms. The number of aliphatic imine (C=N–C) groups is 1. The Balaban J connectivity index is 2.06. The maximum Gasteiger partial charge on any atom is 0.240 e. The maximum absolute atomic E-state index is 12.3. The molecule has 0 aromatic heterocycles. The molecule has 0 bridgehead atoms. The van der Waals surface area contributed by atoms with Crippen molar-refractivity contribution in [3.63, 3.8) is 0 Å². The first kappa shape index (κ1) is 17.2. The molecule has 122 valence electrons. The highest BCUT2D eigenvalue weighted by molar-refractivity contribution is 7.89. The van der Waals surface area contributed by atoms with Gasteiger partial charge in [0.25, 0.3) is 0 Å². The second-order valence-corrected chi connectivity index (χ2v) is 7.18. The van der Waals surface area contributed by atoms with Gasteiger partial charge in [-0.25, -0.2) is 13.1 Å². The molecule has 0 saturated heterocycles. The van der Waals surface area contributed by atoms with E-state index in [1.807, 2.05) is 31.2 Å². The molecule has 0 atom stereocenters. The van der Waals surface area contributed by atoms with Gasteiger partial charge in [0.1, 0.15) is 0 Å². The predicted octanol–water partition coefficient (Wildman–Crippen LogP) is 2.35. The van der Waals surface area contributed by atoms with Crippen LogP contribution >= 0.6 is 0 Å². The average Bonchev–Trinajstić information content (AvgIpc) is 2.52. The molecule has 0 radical (unpaired) electrons. The lowest BCUT2D eigenvalue weighted by atomic mass is 10.1. The molecule has 0 amide bonds. The van der Waals surface area contributed by atoms with Crippen molar-refractivity contribution in [2.45, 2.75) is 31.8 Å². The van der Waals surface area contributed by atoms with E-state index in [4.69, 9.17) is 5.73 Å². The molecule has 0 heterocycles. The van der Waals surface area contributed by atoms with Crippen molar-refractivity contribution in [1.29, 1.82) is 0 Å². The van der Waals surface area contributed by atoms with E-state index in [-0.39, 0.29) is 11.4 Å². The Morgan fingerprint density at radius 1 is 1.13 bits per heavy atom. The number of amidine groups is 1. The fraction of sp³-hybridized carbons (Fsp3) is 0.235. The normalized spacial score (nSPS) is 12.3. The van der Waals surface area contributed by atoms with Gasteiger partial charge >= 0.3 is 0 Å². The quantitative estimate of drug-likeness (QED) is 0.629. The molecular weight excluding hydrogens is 310 g/mol. The van der Waals surface area contributed by atoms with Crippen LogP contribution in [0.5, 0.6) is 0 Å². The summed E-state index contributed by atoms with van der Waals surface area (Å²) in [7, 11) is -3.51. The molecule has 5 nitrogen and oxygen atoms in total. The van der Waals surface area contributed by atoms with Gasteiger partial charge in [-0.15, -0.1) is 0 Å². The molecule has 23 heavy (non-hydrogen) atoms. The molecule has 0 aliphatic heterocycles. The van der Waals surface area contributed by atoms with Crippen molar-refractivity contribution in [2.24, 2.45) is 10.7 Å². The molecule has 0 fully saturated rings. The summed E-state index contributed by atoms with van der Waals surface area (Å²) in [6.07, 6.45) is 0. The van der Waals surface area contributed by atoms with Gasteiger partial charge in [-0.1, -0.05) is 42.0 Å². The van der Waals surface area contributed by atoms with Gasteiger partial charge in [0, 0.05) is 6.54 Å². The van der Waals surface area contributed by atoms with Crippen molar-refractivity contribution in [2.75, 3.05) is 0 Å². The van der Waals surface area contributed by atoms with Gasteiger partial charge in [0.15, 0.2) is 0 Å². The Hall–Kier alpha value is -2.18. The first-order chi connectivity index (χ1) is 10.9. The lowest BCUT2D eigenvalue weighted by Crippen LogP contribution is -2.23. The number of hydrogen-bond donors (Lipinski definition) is 2. The van der Waals surface area contributed by atoms with Crippen molar-refractivity contribution >= 4 is 15.9 Å². The maximum atomic E-state index is 12.3. The highest BCUT2D eigenvalue weighted by Gasteiger charge is 2.13. The van der Waals surface area contributed by atoms with Crippen LogP contribution in [0.3, 0.4) is 0 Å². The third-order valence-corrected chi connectivity index (χ3v) is 4.72. The van der Waals surface area contributed by atoms with E-state index in [0.29, 0.717) is 12.4 Å². The fourth-order valence-electron chi connectivity index (χ4n) is 2.03. The second kappa shape index (κ2) is 7.39. The van der Waals surface area contributed by atoms with E-state index in [9.17, 15) is 8.42 Å². The molecule has 0 unspecified atom stereocenters. The molecule has 2 aromatic carbocycles. The molecule has 3 N–H and O–H groups in total. The van der Waals surface area contributed by atoms with Crippen LogP contribution in [-0.2, 0) is 23.1 Å². The first-order valence-corrected chi connectivity index (χ1v) is 8.76. The van der Waals surface area contributed by atoms with Crippen LogP contribution < -0.4 is 10.5 Å². The minimum atomic E-state index is -3.51. The monoisotopic (exact) mass is 331 g/mol. The van der Waals surface area contributed by atoms with E-state index in [1.165, 1.54) is 0 Å². The molecular formula is C17H21N3O2S. The molecule has 2 rings (SSSR count). The summed E-state index contributed by atoms with van der Waals surface area (Å²) in [6, 6.07) is 14.4. The Kier molecular flexibility index (Phi) is 5.52. The topological polar surface area (TPSA) is 84.5 Å². The van der Waals surface area contributed by atoms with Crippen LogP contribution in [0.2, 0.25) is 0 Å². The summed E-state index contributed by atoms with van der Waals surface area (Å²) < 4.78 is 27.1. The lowest BCUT2D eigenvalue weighted by molar-refractivity contribution is 0.581. The molecule has 0 aliphatic carbocycles. The van der Waals surface area contributed by atoms with Gasteiger partial charge in [0.2, 0.25) is 10.0 Å². The van der Waals surface area contributed by atoms with Gasteiger partial charge in [0.05, 0.1) is 17.3 Å². The second-order valence-electron chi connectivity index (χ2n) is 5.42. The third-order valence-electron chi connectivity index (χ3n) is 3.30. The number of hydrogen-bond acceptors (Lipinski definition) is 3. The van der Waals surface area contributed by atoms with Gasteiger partial charge < -0.3 is 5.73 Å². The zero-order valence-corrected chi connectivity index (χ0v) is 14.1.